The van der Waals surface area contributed by atoms with Crippen molar-refractivity contribution >= 4 is 11.5 Å². The molecule has 0 amide bonds. The van der Waals surface area contributed by atoms with Gasteiger partial charge in [0.05, 0.1) is 30.6 Å². The van der Waals surface area contributed by atoms with Crippen LogP contribution in [-0.2, 0) is 16.0 Å². The Labute approximate surface area is 183 Å². The predicted octanol–water partition coefficient (Wildman–Crippen LogP) is 4.09. The molecule has 3 aromatic heterocycles. The standard InChI is InChI=1S/C24H32N4O3/c1-6-27-8-7-22(25-27)19-13-20-14-21(24(29)31-16(2)3)17(4)23(28(20)15-19)18(5)26-9-11-30-12-10-26/h7-8,13-16,18H,6,9-12H2,1-5H3. The number of hydrogen-bond donors (Lipinski definition) is 0. The summed E-state index contributed by atoms with van der Waals surface area (Å²) in [5.41, 5.74) is 5.63. The number of ether oxygens (including phenoxy) is 2. The van der Waals surface area contributed by atoms with Crippen molar-refractivity contribution in [1.82, 2.24) is 19.1 Å². The number of carbonyl (C=O) groups excluding carboxylic acids is 1. The van der Waals surface area contributed by atoms with Crippen LogP contribution in [0.15, 0.2) is 30.6 Å². The fourth-order valence-corrected chi connectivity index (χ4v) is 4.35. The molecular formula is C24H32N4O3. The second-order valence-corrected chi connectivity index (χ2v) is 8.43. The topological polar surface area (TPSA) is 61.0 Å². The summed E-state index contributed by atoms with van der Waals surface area (Å²) in [5.74, 6) is -0.275. The first-order chi connectivity index (χ1) is 14.9. The number of fused-ring (bicyclic) bond motifs is 1. The van der Waals surface area contributed by atoms with Crippen LogP contribution in [0.2, 0.25) is 0 Å². The minimum Gasteiger partial charge on any atom is -0.459 e. The molecule has 1 aliphatic heterocycles. The first kappa shape index (κ1) is 21.6. The summed E-state index contributed by atoms with van der Waals surface area (Å²) in [4.78, 5) is 15.3. The van der Waals surface area contributed by atoms with Gasteiger partial charge in [-0.25, -0.2) is 4.79 Å². The molecule has 166 valence electrons. The first-order valence-corrected chi connectivity index (χ1v) is 11.1. The number of hydrogen-bond acceptors (Lipinski definition) is 5. The van der Waals surface area contributed by atoms with E-state index in [0.717, 1.165) is 60.9 Å². The fraction of sp³-hybridized carbons (Fsp3) is 0.500. The molecule has 1 atom stereocenters. The van der Waals surface area contributed by atoms with Crippen LogP contribution in [0.5, 0.6) is 0 Å². The van der Waals surface area contributed by atoms with Crippen molar-refractivity contribution in [2.24, 2.45) is 0 Å². The number of nitrogens with zero attached hydrogens (tertiary/aromatic N) is 4. The summed E-state index contributed by atoms with van der Waals surface area (Å²) in [6.07, 6.45) is 3.96. The normalized spacial score (nSPS) is 16.2. The van der Waals surface area contributed by atoms with Crippen LogP contribution in [0.3, 0.4) is 0 Å². The van der Waals surface area contributed by atoms with E-state index in [-0.39, 0.29) is 18.1 Å². The smallest absolute Gasteiger partial charge is 0.338 e. The Kier molecular flexibility index (Phi) is 6.16. The highest BCUT2D eigenvalue weighted by atomic mass is 16.5. The fourth-order valence-electron chi connectivity index (χ4n) is 4.35. The van der Waals surface area contributed by atoms with Crippen molar-refractivity contribution < 1.29 is 14.3 Å². The lowest BCUT2D eigenvalue weighted by Gasteiger charge is -2.34. The lowest BCUT2D eigenvalue weighted by Crippen LogP contribution is -2.39. The quantitative estimate of drug-likeness (QED) is 0.558. The molecule has 0 saturated carbocycles. The van der Waals surface area contributed by atoms with Crippen molar-refractivity contribution in [1.29, 1.82) is 0 Å². The summed E-state index contributed by atoms with van der Waals surface area (Å²) in [6.45, 7) is 14.1. The van der Waals surface area contributed by atoms with E-state index in [1.807, 2.05) is 43.8 Å². The maximum Gasteiger partial charge on any atom is 0.338 e. The lowest BCUT2D eigenvalue weighted by molar-refractivity contribution is 0.0186. The molecule has 1 aliphatic rings. The van der Waals surface area contributed by atoms with E-state index in [4.69, 9.17) is 9.47 Å². The third kappa shape index (κ3) is 4.25. The van der Waals surface area contributed by atoms with E-state index in [1.165, 1.54) is 0 Å². The predicted molar refractivity (Wildman–Crippen MR) is 120 cm³/mol. The summed E-state index contributed by atoms with van der Waals surface area (Å²) in [5, 5.41) is 4.66. The van der Waals surface area contributed by atoms with Crippen LogP contribution in [0.1, 0.15) is 55.4 Å². The number of carbonyl (C=O) groups is 1. The molecule has 1 fully saturated rings. The molecule has 4 rings (SSSR count). The van der Waals surface area contributed by atoms with Crippen LogP contribution in [0, 0.1) is 6.92 Å². The minimum atomic E-state index is -0.275. The van der Waals surface area contributed by atoms with Gasteiger partial charge in [-0.2, -0.15) is 5.10 Å². The van der Waals surface area contributed by atoms with Gasteiger partial charge in [0, 0.05) is 54.8 Å². The molecule has 0 spiro atoms. The van der Waals surface area contributed by atoms with Gasteiger partial charge in [-0.15, -0.1) is 0 Å². The molecule has 0 aromatic carbocycles. The molecule has 0 aliphatic carbocycles. The zero-order chi connectivity index (χ0) is 22.1. The Bertz CT molecular complexity index is 1080. The van der Waals surface area contributed by atoms with Gasteiger partial charge >= 0.3 is 5.97 Å². The Morgan fingerprint density at radius 2 is 1.97 bits per heavy atom. The Hall–Kier alpha value is -2.64. The van der Waals surface area contributed by atoms with Crippen LogP contribution < -0.4 is 0 Å². The monoisotopic (exact) mass is 424 g/mol. The van der Waals surface area contributed by atoms with Crippen molar-refractivity contribution in [3.05, 3.63) is 47.4 Å². The van der Waals surface area contributed by atoms with Crippen LogP contribution in [0.25, 0.3) is 16.8 Å². The number of morpholine rings is 1. The van der Waals surface area contributed by atoms with Crippen molar-refractivity contribution in [2.75, 3.05) is 26.3 Å². The van der Waals surface area contributed by atoms with Gasteiger partial charge in [0.2, 0.25) is 0 Å². The van der Waals surface area contributed by atoms with Gasteiger partial charge in [-0.05, 0) is 58.4 Å². The molecule has 1 unspecified atom stereocenters. The second-order valence-electron chi connectivity index (χ2n) is 8.43. The third-order valence-corrected chi connectivity index (χ3v) is 6.00. The highest BCUT2D eigenvalue weighted by Gasteiger charge is 2.26. The Morgan fingerprint density at radius 1 is 1.23 bits per heavy atom. The maximum atomic E-state index is 12.9. The number of rotatable bonds is 6. The largest absolute Gasteiger partial charge is 0.459 e. The van der Waals surface area contributed by atoms with Crippen molar-refractivity contribution in [3.8, 4) is 11.3 Å². The number of esters is 1. The number of pyridine rings is 1. The minimum absolute atomic E-state index is 0.131. The number of aromatic nitrogens is 3. The summed E-state index contributed by atoms with van der Waals surface area (Å²) < 4.78 is 15.2. The van der Waals surface area contributed by atoms with E-state index >= 15 is 0 Å². The van der Waals surface area contributed by atoms with Crippen LogP contribution in [0.4, 0.5) is 0 Å². The zero-order valence-electron chi connectivity index (χ0n) is 19.1. The molecule has 0 radical (unpaired) electrons. The van der Waals surface area contributed by atoms with Gasteiger partial charge in [-0.3, -0.25) is 9.58 Å². The third-order valence-electron chi connectivity index (χ3n) is 6.00. The van der Waals surface area contributed by atoms with Gasteiger partial charge < -0.3 is 13.9 Å². The second kappa shape index (κ2) is 8.85. The van der Waals surface area contributed by atoms with Crippen molar-refractivity contribution in [2.45, 2.75) is 53.3 Å². The molecule has 0 N–H and O–H groups in total. The van der Waals surface area contributed by atoms with Gasteiger partial charge in [0.25, 0.3) is 0 Å². The van der Waals surface area contributed by atoms with E-state index < -0.39 is 0 Å². The molecule has 1 saturated heterocycles. The Morgan fingerprint density at radius 3 is 2.61 bits per heavy atom. The first-order valence-electron chi connectivity index (χ1n) is 11.1. The molecule has 3 aromatic rings. The van der Waals surface area contributed by atoms with Crippen LogP contribution >= 0.6 is 0 Å². The molecule has 0 bridgehead atoms. The molecule has 4 heterocycles. The van der Waals surface area contributed by atoms with Gasteiger partial charge in [-0.1, -0.05) is 0 Å². The zero-order valence-corrected chi connectivity index (χ0v) is 19.1. The molecule has 31 heavy (non-hydrogen) atoms. The molecule has 7 heteroatoms. The highest BCUT2D eigenvalue weighted by Crippen LogP contribution is 2.32. The highest BCUT2D eigenvalue weighted by molar-refractivity contribution is 5.93. The summed E-state index contributed by atoms with van der Waals surface area (Å²) in [6, 6.07) is 6.20. The van der Waals surface area contributed by atoms with Crippen LogP contribution in [-0.4, -0.2) is 57.5 Å². The number of aryl methyl sites for hydroxylation is 1. The SMILES string of the molecule is CCn1ccc(-c2cc3cc(C(=O)OC(C)C)c(C)c(C(C)N4CCOCC4)n3c2)n1. The molecule has 7 nitrogen and oxygen atoms in total. The van der Waals surface area contributed by atoms with Gasteiger partial charge in [0.15, 0.2) is 0 Å². The summed E-state index contributed by atoms with van der Waals surface area (Å²) in [7, 11) is 0. The average molecular weight is 425 g/mol. The van der Waals surface area contributed by atoms with E-state index in [1.54, 1.807) is 0 Å². The maximum absolute atomic E-state index is 12.9. The van der Waals surface area contributed by atoms with E-state index in [0.29, 0.717) is 5.56 Å². The van der Waals surface area contributed by atoms with E-state index in [9.17, 15) is 4.79 Å². The average Bonchev–Trinajstić information content (AvgIpc) is 3.39. The summed E-state index contributed by atoms with van der Waals surface area (Å²) >= 11 is 0. The van der Waals surface area contributed by atoms with Gasteiger partial charge in [0.1, 0.15) is 0 Å². The Balaban J connectivity index is 1.85. The van der Waals surface area contributed by atoms with E-state index in [2.05, 4.69) is 40.5 Å². The molecular weight excluding hydrogens is 392 g/mol. The van der Waals surface area contributed by atoms with Crippen molar-refractivity contribution in [3.63, 3.8) is 0 Å². The lowest BCUT2D eigenvalue weighted by atomic mass is 10.0.